The summed E-state index contributed by atoms with van der Waals surface area (Å²) in [7, 11) is 0. The van der Waals surface area contributed by atoms with Gasteiger partial charge in [0.05, 0.1) is 25.5 Å². The number of amides is 1. The maximum Gasteiger partial charge on any atom is 0.251 e. The summed E-state index contributed by atoms with van der Waals surface area (Å²) in [4.78, 5) is 16.5. The number of hydrogen-bond acceptors (Lipinski definition) is 4. The van der Waals surface area contributed by atoms with Crippen LogP contribution in [0.4, 0.5) is 0 Å². The Morgan fingerprint density at radius 1 is 1.53 bits per heavy atom. The molecule has 19 heavy (non-hydrogen) atoms. The van der Waals surface area contributed by atoms with Crippen LogP contribution < -0.4 is 5.32 Å². The first kappa shape index (κ1) is 12.6. The molecule has 104 valence electrons. The number of carbonyl (C=O) groups excluding carboxylic acids is 1. The molecular weight excluding hydrogens is 246 g/mol. The summed E-state index contributed by atoms with van der Waals surface area (Å²) in [5, 5.41) is 3.05. The second kappa shape index (κ2) is 5.30. The van der Waals surface area contributed by atoms with E-state index < -0.39 is 6.10 Å². The van der Waals surface area contributed by atoms with Crippen LogP contribution in [0.3, 0.4) is 0 Å². The molecule has 3 rings (SSSR count). The van der Waals surface area contributed by atoms with E-state index in [-0.39, 0.29) is 11.9 Å². The lowest BCUT2D eigenvalue weighted by Crippen LogP contribution is -2.49. The highest BCUT2D eigenvalue weighted by atomic mass is 16.6. The van der Waals surface area contributed by atoms with Gasteiger partial charge in [-0.3, -0.25) is 4.79 Å². The first-order valence-electron chi connectivity index (χ1n) is 6.75. The average Bonchev–Trinajstić information content (AvgIpc) is 2.79. The summed E-state index contributed by atoms with van der Waals surface area (Å²) in [6, 6.07) is 0.152. The van der Waals surface area contributed by atoms with Crippen molar-refractivity contribution in [2.24, 2.45) is 0 Å². The Labute approximate surface area is 112 Å². The summed E-state index contributed by atoms with van der Waals surface area (Å²) in [5.74, 6) is 1.05. The molecule has 2 unspecified atom stereocenters. The van der Waals surface area contributed by atoms with Gasteiger partial charge in [-0.1, -0.05) is 0 Å². The monoisotopic (exact) mass is 265 g/mol. The van der Waals surface area contributed by atoms with E-state index in [0.29, 0.717) is 19.8 Å². The standard InChI is InChI=1S/C13H19N3O3/c1-9-6-16-7-10(2-3-12(16)14-9)15-13(17)11-8-18-4-5-19-11/h6,10-11H,2-5,7-8H2,1H3,(H,15,17). The Balaban J connectivity index is 1.57. The van der Waals surface area contributed by atoms with E-state index in [1.807, 2.05) is 13.1 Å². The van der Waals surface area contributed by atoms with Crippen LogP contribution in [0.2, 0.25) is 0 Å². The highest BCUT2D eigenvalue weighted by Crippen LogP contribution is 2.15. The normalized spacial score (nSPS) is 26.8. The van der Waals surface area contributed by atoms with Gasteiger partial charge in [0.15, 0.2) is 6.10 Å². The molecule has 3 heterocycles. The molecule has 2 atom stereocenters. The predicted molar refractivity (Wildman–Crippen MR) is 67.8 cm³/mol. The second-order valence-electron chi connectivity index (χ2n) is 5.13. The van der Waals surface area contributed by atoms with E-state index >= 15 is 0 Å². The van der Waals surface area contributed by atoms with Gasteiger partial charge in [-0.2, -0.15) is 0 Å². The van der Waals surface area contributed by atoms with Gasteiger partial charge in [0.25, 0.3) is 5.91 Å². The molecule has 0 radical (unpaired) electrons. The number of ether oxygens (including phenoxy) is 2. The van der Waals surface area contributed by atoms with Crippen molar-refractivity contribution in [3.05, 3.63) is 17.7 Å². The summed E-state index contributed by atoms with van der Waals surface area (Å²) in [6.07, 6.45) is 3.41. The van der Waals surface area contributed by atoms with Gasteiger partial charge in [0.1, 0.15) is 5.82 Å². The van der Waals surface area contributed by atoms with Gasteiger partial charge in [-0.25, -0.2) is 4.98 Å². The fourth-order valence-corrected chi connectivity index (χ4v) is 2.64. The van der Waals surface area contributed by atoms with Crippen molar-refractivity contribution in [3.63, 3.8) is 0 Å². The molecule has 0 aliphatic carbocycles. The summed E-state index contributed by atoms with van der Waals surface area (Å²) < 4.78 is 12.8. The summed E-state index contributed by atoms with van der Waals surface area (Å²) in [6.45, 7) is 4.20. The van der Waals surface area contributed by atoms with E-state index in [1.165, 1.54) is 0 Å². The summed E-state index contributed by atoms with van der Waals surface area (Å²) in [5.41, 5.74) is 1.03. The number of carbonyl (C=O) groups is 1. The minimum absolute atomic E-state index is 0.0648. The number of rotatable bonds is 2. The molecule has 1 aromatic rings. The Hall–Kier alpha value is -1.40. The zero-order chi connectivity index (χ0) is 13.2. The van der Waals surface area contributed by atoms with E-state index in [2.05, 4.69) is 14.9 Å². The average molecular weight is 265 g/mol. The van der Waals surface area contributed by atoms with Crippen LogP contribution in [0.25, 0.3) is 0 Å². The van der Waals surface area contributed by atoms with E-state index in [4.69, 9.17) is 9.47 Å². The van der Waals surface area contributed by atoms with Crippen molar-refractivity contribution < 1.29 is 14.3 Å². The number of nitrogens with one attached hydrogen (secondary N) is 1. The first-order chi connectivity index (χ1) is 9.22. The van der Waals surface area contributed by atoms with E-state index in [1.54, 1.807) is 0 Å². The lowest BCUT2D eigenvalue weighted by molar-refractivity contribution is -0.148. The van der Waals surface area contributed by atoms with Crippen LogP contribution >= 0.6 is 0 Å². The van der Waals surface area contributed by atoms with Crippen LogP contribution in [0, 0.1) is 6.92 Å². The van der Waals surface area contributed by atoms with Crippen LogP contribution in [0.1, 0.15) is 17.9 Å². The number of aryl methyl sites for hydroxylation is 2. The van der Waals surface area contributed by atoms with E-state index in [9.17, 15) is 4.79 Å². The third-order valence-electron chi connectivity index (χ3n) is 3.57. The molecular formula is C13H19N3O3. The number of aromatic nitrogens is 2. The molecule has 0 saturated carbocycles. The first-order valence-corrected chi connectivity index (χ1v) is 6.75. The number of nitrogens with zero attached hydrogens (tertiary/aromatic N) is 2. The zero-order valence-corrected chi connectivity index (χ0v) is 11.1. The molecule has 2 aliphatic rings. The van der Waals surface area contributed by atoms with Gasteiger partial charge in [0, 0.05) is 25.2 Å². The van der Waals surface area contributed by atoms with Crippen molar-refractivity contribution >= 4 is 5.91 Å². The Kier molecular flexibility index (Phi) is 3.52. The molecule has 6 heteroatoms. The quantitative estimate of drug-likeness (QED) is 0.820. The van der Waals surface area contributed by atoms with Crippen molar-refractivity contribution in [3.8, 4) is 0 Å². The van der Waals surface area contributed by atoms with Crippen molar-refractivity contribution in [2.75, 3.05) is 19.8 Å². The molecule has 1 aromatic heterocycles. The SMILES string of the molecule is Cc1cn2c(n1)CCC(NC(=O)C1COCCO1)C2. The summed E-state index contributed by atoms with van der Waals surface area (Å²) >= 11 is 0. The minimum atomic E-state index is -0.459. The number of hydrogen-bond donors (Lipinski definition) is 1. The van der Waals surface area contributed by atoms with Crippen LogP contribution in [0.15, 0.2) is 6.20 Å². The van der Waals surface area contributed by atoms with Crippen LogP contribution in [0.5, 0.6) is 0 Å². The van der Waals surface area contributed by atoms with Crippen molar-refractivity contribution in [2.45, 2.75) is 38.5 Å². The molecule has 0 spiro atoms. The topological polar surface area (TPSA) is 65.4 Å². The Bertz CT molecular complexity index is 466. The Morgan fingerprint density at radius 3 is 3.21 bits per heavy atom. The fraction of sp³-hybridized carbons (Fsp3) is 0.692. The molecule has 2 aliphatic heterocycles. The van der Waals surface area contributed by atoms with Crippen molar-refractivity contribution in [1.82, 2.24) is 14.9 Å². The molecule has 1 N–H and O–H groups in total. The molecule has 6 nitrogen and oxygen atoms in total. The number of imidazole rings is 1. The smallest absolute Gasteiger partial charge is 0.251 e. The van der Waals surface area contributed by atoms with Gasteiger partial charge >= 0.3 is 0 Å². The minimum Gasteiger partial charge on any atom is -0.376 e. The lowest BCUT2D eigenvalue weighted by Gasteiger charge is -2.28. The van der Waals surface area contributed by atoms with Crippen LogP contribution in [-0.4, -0.2) is 47.4 Å². The third-order valence-corrected chi connectivity index (χ3v) is 3.57. The molecule has 1 fully saturated rings. The van der Waals surface area contributed by atoms with Crippen LogP contribution in [-0.2, 0) is 27.2 Å². The highest BCUT2D eigenvalue weighted by Gasteiger charge is 2.27. The maximum atomic E-state index is 12.0. The Morgan fingerprint density at radius 2 is 2.42 bits per heavy atom. The predicted octanol–water partition coefficient (Wildman–Crippen LogP) is 0.0379. The van der Waals surface area contributed by atoms with Gasteiger partial charge in [-0.05, 0) is 13.3 Å². The van der Waals surface area contributed by atoms with Gasteiger partial charge < -0.3 is 19.4 Å². The lowest BCUT2D eigenvalue weighted by atomic mass is 10.1. The van der Waals surface area contributed by atoms with Crippen molar-refractivity contribution in [1.29, 1.82) is 0 Å². The maximum absolute atomic E-state index is 12.0. The molecule has 1 amide bonds. The molecule has 0 aromatic carbocycles. The second-order valence-corrected chi connectivity index (χ2v) is 5.13. The highest BCUT2D eigenvalue weighted by molar-refractivity contribution is 5.81. The molecule has 0 bridgehead atoms. The zero-order valence-electron chi connectivity index (χ0n) is 11.1. The van der Waals surface area contributed by atoms with Gasteiger partial charge in [-0.15, -0.1) is 0 Å². The molecule has 1 saturated heterocycles. The largest absolute Gasteiger partial charge is 0.376 e. The number of fused-ring (bicyclic) bond motifs is 1. The third kappa shape index (κ3) is 2.79. The van der Waals surface area contributed by atoms with Gasteiger partial charge in [0.2, 0.25) is 0 Å². The fourth-order valence-electron chi connectivity index (χ4n) is 2.64. The van der Waals surface area contributed by atoms with E-state index in [0.717, 1.165) is 30.9 Å².